The Morgan fingerprint density at radius 1 is 1.03 bits per heavy atom. The molecule has 0 unspecified atom stereocenters. The highest BCUT2D eigenvalue weighted by molar-refractivity contribution is 5.91. The Kier molecular flexibility index (Phi) is 5.81. The Hall–Kier alpha value is -2.86. The molecule has 0 bridgehead atoms. The van der Waals surface area contributed by atoms with Crippen molar-refractivity contribution in [2.24, 2.45) is 5.73 Å². The minimum absolute atomic E-state index is 0.112. The number of rotatable bonds is 6. The van der Waals surface area contributed by atoms with E-state index in [0.29, 0.717) is 5.75 Å². The van der Waals surface area contributed by atoms with Crippen LogP contribution in [-0.2, 0) is 0 Å². The van der Waals surface area contributed by atoms with Crippen molar-refractivity contribution in [3.8, 4) is 11.5 Å². The van der Waals surface area contributed by atoms with E-state index in [1.165, 1.54) is 5.56 Å². The van der Waals surface area contributed by atoms with Crippen LogP contribution in [0.5, 0.6) is 11.5 Å². The minimum Gasteiger partial charge on any atom is -0.493 e. The Morgan fingerprint density at radius 2 is 1.79 bits per heavy atom. The first-order chi connectivity index (χ1) is 14.1. The zero-order valence-corrected chi connectivity index (χ0v) is 17.0. The van der Waals surface area contributed by atoms with Crippen molar-refractivity contribution < 1.29 is 9.47 Å². The van der Waals surface area contributed by atoms with Gasteiger partial charge in [-0.1, -0.05) is 30.3 Å². The number of nitrogens with one attached hydrogen (secondary N) is 1. The van der Waals surface area contributed by atoms with E-state index in [9.17, 15) is 0 Å². The van der Waals surface area contributed by atoms with E-state index in [1.807, 2.05) is 30.3 Å². The van der Waals surface area contributed by atoms with E-state index in [-0.39, 0.29) is 18.2 Å². The minimum atomic E-state index is 0.112. The molecule has 1 aliphatic rings. The number of benzene rings is 2. The average Bonchev–Trinajstić information content (AvgIpc) is 2.76. The van der Waals surface area contributed by atoms with Gasteiger partial charge in [0.2, 0.25) is 0 Å². The lowest BCUT2D eigenvalue weighted by atomic mass is 9.94. The zero-order chi connectivity index (χ0) is 20.2. The fourth-order valence-corrected chi connectivity index (χ4v) is 3.85. The quantitative estimate of drug-likeness (QED) is 0.644. The normalized spacial score (nSPS) is 20.2. The molecule has 6 heteroatoms. The number of fused-ring (bicyclic) bond motifs is 1. The molecule has 1 aliphatic carbocycles. The molecule has 3 N–H and O–H groups in total. The van der Waals surface area contributed by atoms with Crippen molar-refractivity contribution in [1.82, 2.24) is 9.97 Å². The van der Waals surface area contributed by atoms with Gasteiger partial charge in [0.1, 0.15) is 12.1 Å². The number of hydrogen-bond donors (Lipinski definition) is 2. The van der Waals surface area contributed by atoms with Gasteiger partial charge in [0.05, 0.1) is 18.7 Å². The van der Waals surface area contributed by atoms with Gasteiger partial charge in [-0.3, -0.25) is 0 Å². The molecule has 6 nitrogen and oxygen atoms in total. The summed E-state index contributed by atoms with van der Waals surface area (Å²) in [5.74, 6) is 2.20. The number of aromatic nitrogens is 2. The average molecular weight is 393 g/mol. The van der Waals surface area contributed by atoms with E-state index < -0.39 is 0 Å². The summed E-state index contributed by atoms with van der Waals surface area (Å²) in [4.78, 5) is 8.92. The van der Waals surface area contributed by atoms with Gasteiger partial charge in [-0.05, 0) is 44.2 Å². The van der Waals surface area contributed by atoms with Gasteiger partial charge in [-0.2, -0.15) is 0 Å². The van der Waals surface area contributed by atoms with E-state index in [2.05, 4.69) is 34.3 Å². The molecule has 4 rings (SSSR count). The van der Waals surface area contributed by atoms with Crippen molar-refractivity contribution in [1.29, 1.82) is 0 Å². The van der Waals surface area contributed by atoms with Gasteiger partial charge in [-0.25, -0.2) is 9.97 Å². The Bertz CT molecular complexity index is 956. The lowest BCUT2D eigenvalue weighted by Crippen LogP contribution is -2.31. The third-order valence-electron chi connectivity index (χ3n) is 5.59. The van der Waals surface area contributed by atoms with Crippen LogP contribution < -0.4 is 20.5 Å². The molecular weight excluding hydrogens is 364 g/mol. The molecule has 0 amide bonds. The van der Waals surface area contributed by atoms with Gasteiger partial charge in [0, 0.05) is 23.5 Å². The maximum atomic E-state index is 6.31. The van der Waals surface area contributed by atoms with Crippen LogP contribution in [0, 0.1) is 0 Å². The molecule has 152 valence electrons. The molecule has 1 heterocycles. The second-order valence-corrected chi connectivity index (χ2v) is 7.67. The van der Waals surface area contributed by atoms with Crippen molar-refractivity contribution in [3.05, 3.63) is 54.4 Å². The predicted molar refractivity (Wildman–Crippen MR) is 115 cm³/mol. The van der Waals surface area contributed by atoms with Crippen LogP contribution in [0.15, 0.2) is 48.8 Å². The van der Waals surface area contributed by atoms with Crippen LogP contribution in [0.25, 0.3) is 10.9 Å². The third kappa shape index (κ3) is 4.43. The molecule has 0 radical (unpaired) electrons. The van der Waals surface area contributed by atoms with E-state index in [1.54, 1.807) is 13.4 Å². The highest BCUT2D eigenvalue weighted by Crippen LogP contribution is 2.36. The summed E-state index contributed by atoms with van der Waals surface area (Å²) < 4.78 is 11.9. The van der Waals surface area contributed by atoms with Gasteiger partial charge < -0.3 is 20.5 Å². The first kappa shape index (κ1) is 19.5. The van der Waals surface area contributed by atoms with Crippen molar-refractivity contribution in [2.75, 3.05) is 12.4 Å². The molecule has 1 saturated carbocycles. The third-order valence-corrected chi connectivity index (χ3v) is 5.59. The highest BCUT2D eigenvalue weighted by Gasteiger charge is 2.22. The molecule has 1 fully saturated rings. The summed E-state index contributed by atoms with van der Waals surface area (Å²) in [6.07, 6.45) is 5.64. The standard InChI is InChI=1S/C23H28N4O2/c1-15(16-6-4-3-5-7-16)27-23-19-12-22(29-18-10-8-17(24)9-11-18)21(28-2)13-20(19)25-14-26-23/h3-7,12-15,17-18H,8-11,24H2,1-2H3,(H,25,26,27)/t15-,17?,18?/m1/s1. The molecule has 2 aromatic carbocycles. The molecule has 0 spiro atoms. The van der Waals surface area contributed by atoms with E-state index in [4.69, 9.17) is 15.2 Å². The zero-order valence-electron chi connectivity index (χ0n) is 17.0. The molecule has 0 saturated heterocycles. The maximum absolute atomic E-state index is 6.31. The van der Waals surface area contributed by atoms with E-state index >= 15 is 0 Å². The van der Waals surface area contributed by atoms with Gasteiger partial charge >= 0.3 is 0 Å². The summed E-state index contributed by atoms with van der Waals surface area (Å²) >= 11 is 0. The predicted octanol–water partition coefficient (Wildman–Crippen LogP) is 4.46. The molecule has 1 atom stereocenters. The molecule has 3 aromatic rings. The summed E-state index contributed by atoms with van der Waals surface area (Å²) in [5.41, 5.74) is 8.04. The summed E-state index contributed by atoms with van der Waals surface area (Å²) in [6.45, 7) is 2.12. The lowest BCUT2D eigenvalue weighted by Gasteiger charge is -2.27. The molecule has 0 aliphatic heterocycles. The summed E-state index contributed by atoms with van der Waals surface area (Å²) in [5, 5.41) is 4.43. The first-order valence-corrected chi connectivity index (χ1v) is 10.2. The maximum Gasteiger partial charge on any atom is 0.162 e. The van der Waals surface area contributed by atoms with E-state index in [0.717, 1.165) is 48.2 Å². The fourth-order valence-electron chi connectivity index (χ4n) is 3.85. The molecular formula is C23H28N4O2. The number of nitrogens with zero attached hydrogens (tertiary/aromatic N) is 2. The number of nitrogens with two attached hydrogens (primary N) is 1. The SMILES string of the molecule is COc1cc2ncnc(N[C@H](C)c3ccccc3)c2cc1OC1CCC(N)CC1. The first-order valence-electron chi connectivity index (χ1n) is 10.2. The lowest BCUT2D eigenvalue weighted by molar-refractivity contribution is 0.142. The topological polar surface area (TPSA) is 82.3 Å². The smallest absolute Gasteiger partial charge is 0.162 e. The van der Waals surface area contributed by atoms with Crippen LogP contribution >= 0.6 is 0 Å². The number of methoxy groups -OCH3 is 1. The number of ether oxygens (including phenoxy) is 2. The largest absolute Gasteiger partial charge is 0.493 e. The van der Waals surface area contributed by atoms with Crippen molar-refractivity contribution in [3.63, 3.8) is 0 Å². The van der Waals surface area contributed by atoms with Crippen LogP contribution in [0.4, 0.5) is 5.82 Å². The Labute approximate surface area is 171 Å². The Morgan fingerprint density at radius 3 is 2.52 bits per heavy atom. The second kappa shape index (κ2) is 8.66. The number of hydrogen-bond acceptors (Lipinski definition) is 6. The summed E-state index contributed by atoms with van der Waals surface area (Å²) in [7, 11) is 1.66. The fraction of sp³-hybridized carbons (Fsp3) is 0.391. The van der Waals surface area contributed by atoms with Gasteiger partial charge in [0.15, 0.2) is 11.5 Å². The van der Waals surface area contributed by atoms with Crippen LogP contribution in [0.1, 0.15) is 44.2 Å². The monoisotopic (exact) mass is 392 g/mol. The van der Waals surface area contributed by atoms with Gasteiger partial charge in [-0.15, -0.1) is 0 Å². The second-order valence-electron chi connectivity index (χ2n) is 7.67. The highest BCUT2D eigenvalue weighted by atomic mass is 16.5. The van der Waals surface area contributed by atoms with Crippen LogP contribution in [0.3, 0.4) is 0 Å². The Balaban J connectivity index is 1.63. The van der Waals surface area contributed by atoms with Gasteiger partial charge in [0.25, 0.3) is 0 Å². The molecule has 29 heavy (non-hydrogen) atoms. The van der Waals surface area contributed by atoms with Crippen molar-refractivity contribution in [2.45, 2.75) is 50.8 Å². The van der Waals surface area contributed by atoms with Crippen LogP contribution in [0.2, 0.25) is 0 Å². The van der Waals surface area contributed by atoms with Crippen molar-refractivity contribution >= 4 is 16.7 Å². The van der Waals surface area contributed by atoms with Crippen LogP contribution in [-0.4, -0.2) is 29.2 Å². The summed E-state index contributed by atoms with van der Waals surface area (Å²) in [6, 6.07) is 14.6. The molecule has 1 aromatic heterocycles. The number of anilines is 1.